The van der Waals surface area contributed by atoms with E-state index in [4.69, 9.17) is 0 Å². The van der Waals surface area contributed by atoms with E-state index < -0.39 is 10.0 Å². The molecule has 0 amide bonds. The van der Waals surface area contributed by atoms with Gasteiger partial charge in [-0.05, 0) is 24.3 Å². The van der Waals surface area contributed by atoms with Crippen molar-refractivity contribution in [1.29, 1.82) is 0 Å². The van der Waals surface area contributed by atoms with Crippen molar-refractivity contribution in [2.45, 2.75) is 4.90 Å². The molecule has 0 bridgehead atoms. The highest BCUT2D eigenvalue weighted by molar-refractivity contribution is 9.10. The molecule has 0 fully saturated rings. The largest absolute Gasteiger partial charge is 0.265 e. The summed E-state index contributed by atoms with van der Waals surface area (Å²) in [6, 6.07) is 8.13. The molecular formula is C11H7BrN4O2S2. The number of nitrogens with one attached hydrogen (secondary N) is 1. The summed E-state index contributed by atoms with van der Waals surface area (Å²) in [5.74, 6) is 0.236. The van der Waals surface area contributed by atoms with Gasteiger partial charge in [-0.25, -0.2) is 13.4 Å². The third-order valence-corrected chi connectivity index (χ3v) is 4.92. The zero-order chi connectivity index (χ0) is 14.2. The minimum atomic E-state index is -3.76. The molecule has 20 heavy (non-hydrogen) atoms. The predicted octanol–water partition coefficient (Wildman–Crippen LogP) is 3.37. The number of aromatic nitrogens is 1. The lowest BCUT2D eigenvalue weighted by Crippen LogP contribution is -2.14. The summed E-state index contributed by atoms with van der Waals surface area (Å²) < 4.78 is 36.0. The normalized spacial score (nSPS) is 12.8. The van der Waals surface area contributed by atoms with Crippen molar-refractivity contribution in [3.05, 3.63) is 41.0 Å². The Morgan fingerprint density at radius 2 is 2.05 bits per heavy atom. The number of hydrogen-bond donors (Lipinski definition) is 1. The lowest BCUT2D eigenvalue weighted by Gasteiger charge is -2.09. The number of nitrogens with zero attached hydrogens (tertiary/aromatic N) is 3. The molecule has 0 saturated heterocycles. The van der Waals surface area contributed by atoms with Crippen molar-refractivity contribution >= 4 is 54.5 Å². The summed E-state index contributed by atoms with van der Waals surface area (Å²) in [5.41, 5.74) is 0.917. The second-order valence-electron chi connectivity index (χ2n) is 3.85. The third-order valence-electron chi connectivity index (χ3n) is 2.50. The number of hydrogen-bond acceptors (Lipinski definition) is 5. The zero-order valence-corrected chi connectivity index (χ0v) is 13.0. The number of rotatable bonds is 3. The predicted molar refractivity (Wildman–Crippen MR) is 80.7 cm³/mol. The fourth-order valence-corrected chi connectivity index (χ4v) is 3.75. The van der Waals surface area contributed by atoms with Crippen LogP contribution in [0.3, 0.4) is 0 Å². The number of sulfonamides is 1. The van der Waals surface area contributed by atoms with E-state index in [1.807, 2.05) is 0 Å². The van der Waals surface area contributed by atoms with Crippen molar-refractivity contribution in [1.82, 2.24) is 4.98 Å². The molecule has 1 N–H and O–H groups in total. The van der Waals surface area contributed by atoms with Crippen LogP contribution in [0, 0.1) is 0 Å². The Kier molecular flexibility index (Phi) is 3.40. The van der Waals surface area contributed by atoms with Crippen molar-refractivity contribution in [2.24, 2.45) is 8.73 Å². The molecule has 3 rings (SSSR count). The van der Waals surface area contributed by atoms with E-state index in [2.05, 4.69) is 34.4 Å². The number of fused-ring (bicyclic) bond motifs is 1. The Labute approximate surface area is 127 Å². The third kappa shape index (κ3) is 2.51. The zero-order valence-electron chi connectivity index (χ0n) is 9.82. The van der Waals surface area contributed by atoms with E-state index in [1.54, 1.807) is 24.3 Å². The maximum Gasteiger partial charge on any atom is 0.265 e. The highest BCUT2D eigenvalue weighted by Gasteiger charge is 2.22. The van der Waals surface area contributed by atoms with Crippen LogP contribution < -0.4 is 4.72 Å². The maximum atomic E-state index is 12.4. The summed E-state index contributed by atoms with van der Waals surface area (Å²) in [4.78, 5) is 4.05. The Hall–Kier alpha value is -1.58. The van der Waals surface area contributed by atoms with E-state index in [1.165, 1.54) is 12.3 Å². The second kappa shape index (κ2) is 5.08. The molecule has 1 aliphatic rings. The Balaban J connectivity index is 2.02. The molecule has 102 valence electrons. The van der Waals surface area contributed by atoms with Gasteiger partial charge in [-0.1, -0.05) is 22.0 Å². The maximum absolute atomic E-state index is 12.4. The summed E-state index contributed by atoms with van der Waals surface area (Å²) in [6.45, 7) is 0. The highest BCUT2D eigenvalue weighted by atomic mass is 79.9. The van der Waals surface area contributed by atoms with Gasteiger partial charge >= 0.3 is 0 Å². The summed E-state index contributed by atoms with van der Waals surface area (Å²) >= 11 is 4.24. The van der Waals surface area contributed by atoms with E-state index in [0.717, 1.165) is 15.8 Å². The summed E-state index contributed by atoms with van der Waals surface area (Å²) in [6.07, 6.45) is 1.51. The Morgan fingerprint density at radius 3 is 2.85 bits per heavy atom. The highest BCUT2D eigenvalue weighted by Crippen LogP contribution is 2.37. The molecule has 0 spiro atoms. The molecule has 2 heterocycles. The van der Waals surface area contributed by atoms with Crippen molar-refractivity contribution in [3.63, 3.8) is 0 Å². The summed E-state index contributed by atoms with van der Waals surface area (Å²) in [5, 5.41) is 0. The molecule has 0 saturated carbocycles. The number of pyridine rings is 1. The van der Waals surface area contributed by atoms with Gasteiger partial charge in [-0.2, -0.15) is 8.73 Å². The fraction of sp³-hybridized carbons (Fsp3) is 0. The Morgan fingerprint density at radius 1 is 1.20 bits per heavy atom. The van der Waals surface area contributed by atoms with Crippen LogP contribution in [0.2, 0.25) is 0 Å². The van der Waals surface area contributed by atoms with Gasteiger partial charge in [-0.15, -0.1) is 0 Å². The molecular weight excluding hydrogens is 364 g/mol. The van der Waals surface area contributed by atoms with E-state index in [-0.39, 0.29) is 10.7 Å². The standard InChI is InChI=1S/C11H7BrN4O2S2/c12-7-4-5-13-10(6-7)16-20(17,18)9-3-1-2-8-11(9)15-19-14-8/h1-6H,(H,13,16). The van der Waals surface area contributed by atoms with Crippen LogP contribution in [-0.4, -0.2) is 13.4 Å². The van der Waals surface area contributed by atoms with Crippen LogP contribution in [0.15, 0.2) is 54.6 Å². The average molecular weight is 371 g/mol. The van der Waals surface area contributed by atoms with E-state index in [9.17, 15) is 8.42 Å². The minimum absolute atomic E-state index is 0.0884. The Bertz CT molecular complexity index is 860. The second-order valence-corrected chi connectivity index (χ2v) is 6.95. The molecule has 9 heteroatoms. The first-order chi connectivity index (χ1) is 9.56. The first-order valence-corrected chi connectivity index (χ1v) is 8.42. The minimum Gasteiger partial charge on any atom is -0.263 e. The van der Waals surface area contributed by atoms with Crippen molar-refractivity contribution < 1.29 is 8.42 Å². The summed E-state index contributed by atoms with van der Waals surface area (Å²) in [7, 11) is -3.76. The first kappa shape index (κ1) is 13.4. The van der Waals surface area contributed by atoms with Crippen molar-refractivity contribution in [2.75, 3.05) is 4.72 Å². The number of benzene rings is 1. The molecule has 0 atom stereocenters. The quantitative estimate of drug-likeness (QED) is 0.766. The number of halogens is 1. The molecule has 0 unspecified atom stereocenters. The topological polar surface area (TPSA) is 83.8 Å². The molecule has 1 aromatic heterocycles. The molecule has 1 aromatic carbocycles. The van der Waals surface area contributed by atoms with E-state index >= 15 is 0 Å². The molecule has 1 aliphatic heterocycles. The van der Waals surface area contributed by atoms with Gasteiger partial charge in [0.05, 0.1) is 11.4 Å². The van der Waals surface area contributed by atoms with Gasteiger partial charge in [0.15, 0.2) is 0 Å². The van der Waals surface area contributed by atoms with Gasteiger partial charge in [0.1, 0.15) is 22.1 Å². The van der Waals surface area contributed by atoms with Crippen LogP contribution in [0.4, 0.5) is 17.2 Å². The molecule has 2 aromatic rings. The lowest BCUT2D eigenvalue weighted by atomic mass is 10.3. The molecule has 0 radical (unpaired) electrons. The van der Waals surface area contributed by atoms with Crippen LogP contribution in [0.5, 0.6) is 0 Å². The van der Waals surface area contributed by atoms with Crippen molar-refractivity contribution in [3.8, 4) is 0 Å². The van der Waals surface area contributed by atoms with Gasteiger partial charge in [0, 0.05) is 10.7 Å². The van der Waals surface area contributed by atoms with Crippen LogP contribution >= 0.6 is 15.9 Å². The van der Waals surface area contributed by atoms with Crippen LogP contribution in [0.1, 0.15) is 0 Å². The van der Waals surface area contributed by atoms with E-state index in [0.29, 0.717) is 11.4 Å². The molecule has 0 aliphatic carbocycles. The lowest BCUT2D eigenvalue weighted by molar-refractivity contribution is 0.601. The van der Waals surface area contributed by atoms with Gasteiger partial charge < -0.3 is 0 Å². The van der Waals surface area contributed by atoms with Gasteiger partial charge in [0.2, 0.25) is 0 Å². The smallest absolute Gasteiger partial charge is 0.263 e. The van der Waals surface area contributed by atoms with Gasteiger partial charge in [-0.3, -0.25) is 4.72 Å². The average Bonchev–Trinajstić information content (AvgIpc) is 2.85. The first-order valence-electron chi connectivity index (χ1n) is 5.42. The fourth-order valence-electron chi connectivity index (χ4n) is 1.65. The SMILES string of the molecule is O=S(=O)(Nc1cc(Br)ccn1)c1cccc2c1N=S=N2. The number of anilines is 1. The monoisotopic (exact) mass is 370 g/mol. The van der Waals surface area contributed by atoms with Crippen LogP contribution in [0.25, 0.3) is 0 Å². The van der Waals surface area contributed by atoms with Crippen LogP contribution in [-0.2, 0) is 21.4 Å². The van der Waals surface area contributed by atoms with Gasteiger partial charge in [0.25, 0.3) is 10.0 Å². The molecule has 6 nitrogen and oxygen atoms in total.